The number of nitrogens with zero attached hydrogens (tertiary/aromatic N) is 2. The molecule has 0 radical (unpaired) electrons. The first kappa shape index (κ1) is 12.3. The number of nitrogens with two attached hydrogens (primary N) is 1. The number of hydrogen-bond acceptors (Lipinski definition) is 6. The van der Waals surface area contributed by atoms with E-state index in [1.54, 1.807) is 18.4 Å². The minimum Gasteiger partial charge on any atom is -0.378 e. The van der Waals surface area contributed by atoms with Crippen molar-refractivity contribution < 1.29 is 9.47 Å². The van der Waals surface area contributed by atoms with Crippen LogP contribution in [0.4, 0.5) is 5.13 Å². The van der Waals surface area contributed by atoms with E-state index in [0.717, 1.165) is 28.8 Å². The predicted molar refractivity (Wildman–Crippen MR) is 70.8 cm³/mol. The SMILES string of the molecule is COCc1nc(N2CC3CCC(C2)O3)sc1CN. The largest absolute Gasteiger partial charge is 0.378 e. The molecule has 2 aliphatic heterocycles. The van der Waals surface area contributed by atoms with Gasteiger partial charge in [0, 0.05) is 31.6 Å². The highest BCUT2D eigenvalue weighted by Crippen LogP contribution is 2.33. The number of aromatic nitrogens is 1. The van der Waals surface area contributed by atoms with E-state index in [4.69, 9.17) is 15.2 Å². The van der Waals surface area contributed by atoms with Gasteiger partial charge in [0.1, 0.15) is 0 Å². The van der Waals surface area contributed by atoms with Crippen molar-refractivity contribution in [3.63, 3.8) is 0 Å². The maximum atomic E-state index is 5.85. The normalized spacial score (nSPS) is 26.9. The number of thiazole rings is 1. The van der Waals surface area contributed by atoms with Crippen LogP contribution in [-0.4, -0.2) is 37.4 Å². The van der Waals surface area contributed by atoms with Crippen molar-refractivity contribution in [1.82, 2.24) is 4.98 Å². The number of ether oxygens (including phenoxy) is 2. The van der Waals surface area contributed by atoms with E-state index in [0.29, 0.717) is 25.4 Å². The Hall–Kier alpha value is -0.690. The number of fused-ring (bicyclic) bond motifs is 2. The van der Waals surface area contributed by atoms with Crippen molar-refractivity contribution in [2.45, 2.75) is 38.2 Å². The van der Waals surface area contributed by atoms with Crippen molar-refractivity contribution in [3.8, 4) is 0 Å². The zero-order valence-corrected chi connectivity index (χ0v) is 11.4. The Balaban J connectivity index is 1.79. The molecule has 2 aliphatic rings. The third-order valence-corrected chi connectivity index (χ3v) is 4.73. The summed E-state index contributed by atoms with van der Waals surface area (Å²) >= 11 is 1.69. The quantitative estimate of drug-likeness (QED) is 0.887. The van der Waals surface area contributed by atoms with E-state index >= 15 is 0 Å². The van der Waals surface area contributed by atoms with E-state index in [1.165, 1.54) is 12.8 Å². The van der Waals surface area contributed by atoms with Crippen LogP contribution in [0, 0.1) is 0 Å². The zero-order valence-electron chi connectivity index (χ0n) is 10.6. The highest BCUT2D eigenvalue weighted by atomic mass is 32.1. The lowest BCUT2D eigenvalue weighted by molar-refractivity contribution is 0.0304. The molecular formula is C12H19N3O2S. The van der Waals surface area contributed by atoms with Crippen LogP contribution in [0.15, 0.2) is 0 Å². The van der Waals surface area contributed by atoms with Crippen molar-refractivity contribution in [2.75, 3.05) is 25.1 Å². The molecule has 2 unspecified atom stereocenters. The molecular weight excluding hydrogens is 250 g/mol. The van der Waals surface area contributed by atoms with Gasteiger partial charge in [-0.15, -0.1) is 11.3 Å². The lowest BCUT2D eigenvalue weighted by Gasteiger charge is -2.31. The fraction of sp³-hybridized carbons (Fsp3) is 0.750. The zero-order chi connectivity index (χ0) is 12.5. The molecule has 0 spiro atoms. The molecule has 1 aromatic rings. The van der Waals surface area contributed by atoms with Gasteiger partial charge in [-0.25, -0.2) is 4.98 Å². The van der Waals surface area contributed by atoms with Gasteiger partial charge in [-0.3, -0.25) is 0 Å². The van der Waals surface area contributed by atoms with Crippen LogP contribution >= 0.6 is 11.3 Å². The lowest BCUT2D eigenvalue weighted by Crippen LogP contribution is -2.42. The maximum absolute atomic E-state index is 5.85. The molecule has 0 aliphatic carbocycles. The second kappa shape index (κ2) is 5.13. The minimum atomic E-state index is 0.389. The van der Waals surface area contributed by atoms with E-state index in [1.807, 2.05) is 0 Å². The molecule has 100 valence electrons. The molecule has 5 nitrogen and oxygen atoms in total. The molecule has 2 bridgehead atoms. The van der Waals surface area contributed by atoms with E-state index in [2.05, 4.69) is 9.88 Å². The molecule has 0 aromatic carbocycles. The number of methoxy groups -OCH3 is 1. The Bertz CT molecular complexity index is 411. The van der Waals surface area contributed by atoms with Crippen LogP contribution < -0.4 is 10.6 Å². The van der Waals surface area contributed by atoms with Gasteiger partial charge in [0.25, 0.3) is 0 Å². The number of anilines is 1. The van der Waals surface area contributed by atoms with Crippen LogP contribution in [0.3, 0.4) is 0 Å². The summed E-state index contributed by atoms with van der Waals surface area (Å²) in [4.78, 5) is 8.15. The molecule has 18 heavy (non-hydrogen) atoms. The molecule has 3 heterocycles. The summed E-state index contributed by atoms with van der Waals surface area (Å²) < 4.78 is 11.0. The summed E-state index contributed by atoms with van der Waals surface area (Å²) in [5.74, 6) is 0. The average Bonchev–Trinajstić information content (AvgIpc) is 2.93. The number of hydrogen-bond donors (Lipinski definition) is 1. The van der Waals surface area contributed by atoms with E-state index in [9.17, 15) is 0 Å². The minimum absolute atomic E-state index is 0.389. The summed E-state index contributed by atoms with van der Waals surface area (Å²) in [5, 5.41) is 1.07. The lowest BCUT2D eigenvalue weighted by atomic mass is 10.2. The summed E-state index contributed by atoms with van der Waals surface area (Å²) in [6.07, 6.45) is 3.14. The second-order valence-corrected chi connectivity index (χ2v) is 5.93. The molecule has 2 atom stereocenters. The van der Waals surface area contributed by atoms with Gasteiger partial charge >= 0.3 is 0 Å². The standard InChI is InChI=1S/C12H19N3O2S/c1-16-7-10-11(4-13)18-12(14-10)15-5-8-2-3-9(6-15)17-8/h8-9H,2-7,13H2,1H3. The fourth-order valence-electron chi connectivity index (χ4n) is 2.68. The van der Waals surface area contributed by atoms with Gasteiger partial charge < -0.3 is 20.1 Å². The number of morpholine rings is 1. The Morgan fingerprint density at radius 1 is 1.44 bits per heavy atom. The van der Waals surface area contributed by atoms with E-state index in [-0.39, 0.29) is 0 Å². The smallest absolute Gasteiger partial charge is 0.186 e. The monoisotopic (exact) mass is 269 g/mol. The third-order valence-electron chi connectivity index (χ3n) is 3.55. The Morgan fingerprint density at radius 3 is 2.78 bits per heavy atom. The van der Waals surface area contributed by atoms with Crippen molar-refractivity contribution >= 4 is 16.5 Å². The summed E-state index contributed by atoms with van der Waals surface area (Å²) in [5.41, 5.74) is 6.75. The highest BCUT2D eigenvalue weighted by Gasteiger charge is 2.35. The fourth-order valence-corrected chi connectivity index (χ4v) is 3.65. The summed E-state index contributed by atoms with van der Waals surface area (Å²) in [6, 6.07) is 0. The van der Waals surface area contributed by atoms with Gasteiger partial charge in [-0.05, 0) is 12.8 Å². The van der Waals surface area contributed by atoms with Crippen LogP contribution in [-0.2, 0) is 22.6 Å². The Labute approximate surface area is 111 Å². The van der Waals surface area contributed by atoms with Crippen LogP contribution in [0.5, 0.6) is 0 Å². The Morgan fingerprint density at radius 2 is 2.17 bits per heavy atom. The molecule has 2 fully saturated rings. The third kappa shape index (κ3) is 2.25. The van der Waals surface area contributed by atoms with Crippen molar-refractivity contribution in [3.05, 3.63) is 10.6 Å². The van der Waals surface area contributed by atoms with Gasteiger partial charge in [-0.1, -0.05) is 0 Å². The Kier molecular flexibility index (Phi) is 3.52. The van der Waals surface area contributed by atoms with Crippen LogP contribution in [0.1, 0.15) is 23.4 Å². The molecule has 6 heteroatoms. The average molecular weight is 269 g/mol. The summed E-state index contributed by atoms with van der Waals surface area (Å²) in [6.45, 7) is 2.99. The van der Waals surface area contributed by atoms with Gasteiger partial charge in [-0.2, -0.15) is 0 Å². The van der Waals surface area contributed by atoms with Gasteiger partial charge in [0.2, 0.25) is 0 Å². The van der Waals surface area contributed by atoms with Crippen LogP contribution in [0.2, 0.25) is 0 Å². The highest BCUT2D eigenvalue weighted by molar-refractivity contribution is 7.15. The first-order valence-electron chi connectivity index (χ1n) is 6.38. The molecule has 1 aromatic heterocycles. The van der Waals surface area contributed by atoms with Gasteiger partial charge in [0.15, 0.2) is 5.13 Å². The van der Waals surface area contributed by atoms with Crippen molar-refractivity contribution in [1.29, 1.82) is 0 Å². The second-order valence-electron chi connectivity index (χ2n) is 4.87. The van der Waals surface area contributed by atoms with E-state index < -0.39 is 0 Å². The van der Waals surface area contributed by atoms with Gasteiger partial charge in [0.05, 0.1) is 24.5 Å². The topological polar surface area (TPSA) is 60.6 Å². The molecule has 2 saturated heterocycles. The summed E-state index contributed by atoms with van der Waals surface area (Å²) in [7, 11) is 1.69. The number of rotatable bonds is 4. The first-order valence-corrected chi connectivity index (χ1v) is 7.19. The molecule has 0 saturated carbocycles. The first-order chi connectivity index (χ1) is 8.80. The molecule has 2 N–H and O–H groups in total. The van der Waals surface area contributed by atoms with Crippen LogP contribution in [0.25, 0.3) is 0 Å². The molecule has 3 rings (SSSR count). The van der Waals surface area contributed by atoms with Crippen molar-refractivity contribution in [2.24, 2.45) is 5.73 Å². The maximum Gasteiger partial charge on any atom is 0.186 e. The molecule has 0 amide bonds. The predicted octanol–water partition coefficient (Wildman–Crippen LogP) is 1.12.